The maximum atomic E-state index is 12.2. The molecule has 0 radical (unpaired) electrons. The van der Waals surface area contributed by atoms with Crippen LogP contribution >= 0.6 is 0 Å². The van der Waals surface area contributed by atoms with Crippen molar-refractivity contribution in [2.75, 3.05) is 18.8 Å². The van der Waals surface area contributed by atoms with Crippen molar-refractivity contribution in [3.05, 3.63) is 0 Å². The molecule has 1 unspecified atom stereocenters. The van der Waals surface area contributed by atoms with Gasteiger partial charge in [-0.3, -0.25) is 0 Å². The van der Waals surface area contributed by atoms with E-state index < -0.39 is 10.0 Å². The highest BCUT2D eigenvalue weighted by Gasteiger charge is 2.31. The first kappa shape index (κ1) is 15.4. The molecular weight excluding hydrogens is 252 g/mol. The molecule has 18 heavy (non-hydrogen) atoms. The molecule has 0 bridgehead atoms. The summed E-state index contributed by atoms with van der Waals surface area (Å²) in [4.78, 5) is 0. The van der Waals surface area contributed by atoms with Gasteiger partial charge in [0.15, 0.2) is 0 Å². The Hall–Kier alpha value is -0.620. The molecule has 0 aromatic rings. The number of oxime groups is 1. The molecule has 0 aliphatic carbocycles. The van der Waals surface area contributed by atoms with Gasteiger partial charge < -0.3 is 5.21 Å². The average Bonchev–Trinajstić information content (AvgIpc) is 2.35. The first-order valence-electron chi connectivity index (χ1n) is 6.59. The molecule has 6 heteroatoms. The Bertz CT molecular complexity index is 390. The summed E-state index contributed by atoms with van der Waals surface area (Å²) in [6.45, 7) is 6.93. The van der Waals surface area contributed by atoms with Crippen molar-refractivity contribution in [3.8, 4) is 0 Å². The van der Waals surface area contributed by atoms with Crippen LogP contribution in [-0.4, -0.2) is 42.5 Å². The van der Waals surface area contributed by atoms with E-state index in [1.807, 2.05) is 20.8 Å². The van der Waals surface area contributed by atoms with Crippen LogP contribution in [0.3, 0.4) is 0 Å². The fraction of sp³-hybridized carbons (Fsp3) is 0.917. The Morgan fingerprint density at radius 3 is 2.67 bits per heavy atom. The lowest BCUT2D eigenvalue weighted by Crippen LogP contribution is -2.45. The van der Waals surface area contributed by atoms with Crippen molar-refractivity contribution >= 4 is 15.7 Å². The van der Waals surface area contributed by atoms with E-state index in [-0.39, 0.29) is 11.7 Å². The summed E-state index contributed by atoms with van der Waals surface area (Å²) in [6.07, 6.45) is 2.03. The highest BCUT2D eigenvalue weighted by Crippen LogP contribution is 2.21. The largest absolute Gasteiger partial charge is 0.411 e. The normalized spacial score (nSPS) is 24.9. The molecule has 1 aliphatic rings. The lowest BCUT2D eigenvalue weighted by molar-refractivity contribution is 0.295. The van der Waals surface area contributed by atoms with Crippen LogP contribution in [0.25, 0.3) is 0 Å². The molecule has 0 spiro atoms. The monoisotopic (exact) mass is 276 g/mol. The van der Waals surface area contributed by atoms with Crippen LogP contribution in [0.5, 0.6) is 0 Å². The zero-order valence-corrected chi connectivity index (χ0v) is 12.3. The smallest absolute Gasteiger partial charge is 0.214 e. The summed E-state index contributed by atoms with van der Waals surface area (Å²) >= 11 is 0. The Morgan fingerprint density at radius 2 is 2.17 bits per heavy atom. The fourth-order valence-corrected chi connectivity index (χ4v) is 3.95. The van der Waals surface area contributed by atoms with Crippen molar-refractivity contribution in [2.24, 2.45) is 17.0 Å². The molecular formula is C12H24N2O3S. The van der Waals surface area contributed by atoms with E-state index in [0.717, 1.165) is 12.1 Å². The summed E-state index contributed by atoms with van der Waals surface area (Å²) < 4.78 is 25.9. The molecule has 0 saturated carbocycles. The van der Waals surface area contributed by atoms with Crippen LogP contribution < -0.4 is 0 Å². The molecule has 0 aromatic carbocycles. The van der Waals surface area contributed by atoms with E-state index in [1.165, 1.54) is 0 Å². The topological polar surface area (TPSA) is 70.0 Å². The van der Waals surface area contributed by atoms with E-state index >= 15 is 0 Å². The van der Waals surface area contributed by atoms with Gasteiger partial charge in [0, 0.05) is 25.4 Å². The minimum Gasteiger partial charge on any atom is -0.411 e. The number of piperidine rings is 1. The van der Waals surface area contributed by atoms with Crippen LogP contribution in [-0.2, 0) is 10.0 Å². The van der Waals surface area contributed by atoms with Crippen LogP contribution in [0, 0.1) is 11.8 Å². The predicted octanol–water partition coefficient (Wildman–Crippen LogP) is 1.92. The first-order chi connectivity index (χ1) is 8.40. The highest BCUT2D eigenvalue weighted by molar-refractivity contribution is 7.89. The third kappa shape index (κ3) is 3.95. The fourth-order valence-electron chi connectivity index (χ4n) is 2.15. The van der Waals surface area contributed by atoms with Crippen molar-refractivity contribution in [1.82, 2.24) is 4.31 Å². The lowest BCUT2D eigenvalue weighted by atomic mass is 9.95. The van der Waals surface area contributed by atoms with Gasteiger partial charge in [0.1, 0.15) is 0 Å². The Morgan fingerprint density at radius 1 is 1.50 bits per heavy atom. The number of hydrogen-bond acceptors (Lipinski definition) is 4. The summed E-state index contributed by atoms with van der Waals surface area (Å²) in [5, 5.41) is 12.2. The van der Waals surface area contributed by atoms with E-state index in [0.29, 0.717) is 31.8 Å². The molecule has 5 nitrogen and oxygen atoms in total. The minimum absolute atomic E-state index is 0.0533. The molecule has 1 fully saturated rings. The number of sulfonamides is 1. The molecule has 1 aliphatic heterocycles. The maximum Gasteiger partial charge on any atom is 0.214 e. The van der Waals surface area contributed by atoms with Gasteiger partial charge in [-0.15, -0.1) is 0 Å². The van der Waals surface area contributed by atoms with Crippen molar-refractivity contribution in [2.45, 2.75) is 40.0 Å². The van der Waals surface area contributed by atoms with Gasteiger partial charge in [0.25, 0.3) is 0 Å². The van der Waals surface area contributed by atoms with Crippen molar-refractivity contribution in [1.29, 1.82) is 0 Å². The van der Waals surface area contributed by atoms with Crippen LogP contribution in [0.1, 0.15) is 40.0 Å². The summed E-state index contributed by atoms with van der Waals surface area (Å²) in [6, 6.07) is 0. The molecule has 0 amide bonds. The molecule has 1 saturated heterocycles. The number of rotatable bonds is 5. The highest BCUT2D eigenvalue weighted by atomic mass is 32.2. The second kappa shape index (κ2) is 6.52. The Balaban J connectivity index is 2.68. The van der Waals surface area contributed by atoms with E-state index in [9.17, 15) is 8.42 Å². The van der Waals surface area contributed by atoms with Crippen LogP contribution in [0.4, 0.5) is 0 Å². The van der Waals surface area contributed by atoms with E-state index in [2.05, 4.69) is 5.16 Å². The van der Waals surface area contributed by atoms with Gasteiger partial charge >= 0.3 is 0 Å². The molecule has 0 aromatic heterocycles. The Labute approximate surface area is 110 Å². The second-order valence-electron chi connectivity index (χ2n) is 5.30. The van der Waals surface area contributed by atoms with Crippen molar-refractivity contribution < 1.29 is 13.6 Å². The van der Waals surface area contributed by atoms with Crippen molar-refractivity contribution in [3.63, 3.8) is 0 Å². The zero-order chi connectivity index (χ0) is 13.8. The molecule has 106 valence electrons. The number of hydrogen-bond donors (Lipinski definition) is 1. The van der Waals surface area contributed by atoms with Gasteiger partial charge in [-0.25, -0.2) is 12.7 Å². The average molecular weight is 276 g/mol. The first-order valence-corrected chi connectivity index (χ1v) is 8.20. The standard InChI is InChI=1S/C12H24N2O3S/c1-4-11-9-14(7-5-12(11)13-15)18(16,17)8-6-10(2)3/h10-11,15H,4-9H2,1-3H3. The molecule has 1 heterocycles. The molecule has 1 rings (SSSR count). The van der Waals surface area contributed by atoms with Gasteiger partial charge in [0.2, 0.25) is 10.0 Å². The summed E-state index contributed by atoms with van der Waals surface area (Å²) in [5.74, 6) is 0.658. The zero-order valence-electron chi connectivity index (χ0n) is 11.5. The summed E-state index contributed by atoms with van der Waals surface area (Å²) in [7, 11) is -3.16. The van der Waals surface area contributed by atoms with Crippen LogP contribution in [0.2, 0.25) is 0 Å². The van der Waals surface area contributed by atoms with Crippen LogP contribution in [0.15, 0.2) is 5.16 Å². The maximum absolute atomic E-state index is 12.2. The third-order valence-electron chi connectivity index (χ3n) is 3.48. The third-order valence-corrected chi connectivity index (χ3v) is 5.35. The van der Waals surface area contributed by atoms with Gasteiger partial charge in [-0.2, -0.15) is 0 Å². The number of nitrogens with zero attached hydrogens (tertiary/aromatic N) is 2. The summed E-state index contributed by atoms with van der Waals surface area (Å²) in [5.41, 5.74) is 0.729. The lowest BCUT2D eigenvalue weighted by Gasteiger charge is -2.32. The SMILES string of the molecule is CCC1CN(S(=O)(=O)CCC(C)C)CCC1=NO. The quantitative estimate of drug-likeness (QED) is 0.616. The van der Waals surface area contributed by atoms with Gasteiger partial charge in [0.05, 0.1) is 11.5 Å². The van der Waals surface area contributed by atoms with Gasteiger partial charge in [-0.05, 0) is 18.8 Å². The minimum atomic E-state index is -3.16. The van der Waals surface area contributed by atoms with E-state index in [1.54, 1.807) is 4.31 Å². The molecule has 1 atom stereocenters. The predicted molar refractivity (Wildman–Crippen MR) is 72.4 cm³/mol. The Kier molecular flexibility index (Phi) is 5.59. The van der Waals surface area contributed by atoms with E-state index in [4.69, 9.17) is 5.21 Å². The van der Waals surface area contributed by atoms with Gasteiger partial charge in [-0.1, -0.05) is 25.9 Å². The second-order valence-corrected chi connectivity index (χ2v) is 7.39. The molecule has 1 N–H and O–H groups in total.